The third-order valence-corrected chi connectivity index (χ3v) is 2.86. The summed E-state index contributed by atoms with van der Waals surface area (Å²) < 4.78 is 43.5. The van der Waals surface area contributed by atoms with Crippen LogP contribution in [-0.4, -0.2) is 12.6 Å². The van der Waals surface area contributed by atoms with Crippen molar-refractivity contribution in [3.05, 3.63) is 60.2 Å². The van der Waals surface area contributed by atoms with Crippen molar-refractivity contribution in [1.82, 2.24) is 0 Å². The van der Waals surface area contributed by atoms with Gasteiger partial charge in [0.1, 0.15) is 11.9 Å². The highest BCUT2D eigenvalue weighted by atomic mass is 19.4. The van der Waals surface area contributed by atoms with Gasteiger partial charge >= 0.3 is 6.18 Å². The number of anilines is 1. The highest BCUT2D eigenvalue weighted by Crippen LogP contribution is 2.30. The molecule has 1 N–H and O–H groups in total. The second kappa shape index (κ2) is 6.52. The Balaban J connectivity index is 1.91. The number of para-hydroxylation sites is 1. The molecule has 0 radical (unpaired) electrons. The van der Waals surface area contributed by atoms with Gasteiger partial charge in [-0.05, 0) is 37.3 Å². The number of ether oxygens (including phenoxy) is 1. The standard InChI is InChI=1S/C16H16F3NO/c1-12(21-15-8-3-2-4-9-15)11-20-14-7-5-6-13(10-14)16(17,18)19/h2-10,12,20H,11H2,1H3. The summed E-state index contributed by atoms with van der Waals surface area (Å²) in [4.78, 5) is 0. The molecule has 0 aliphatic heterocycles. The van der Waals surface area contributed by atoms with Crippen LogP contribution in [0.1, 0.15) is 12.5 Å². The number of nitrogens with one attached hydrogen (secondary N) is 1. The molecule has 112 valence electrons. The molecule has 5 heteroatoms. The number of benzene rings is 2. The van der Waals surface area contributed by atoms with Crippen LogP contribution in [0.25, 0.3) is 0 Å². The van der Waals surface area contributed by atoms with Crippen molar-refractivity contribution in [2.75, 3.05) is 11.9 Å². The van der Waals surface area contributed by atoms with Gasteiger partial charge in [-0.1, -0.05) is 24.3 Å². The predicted octanol–water partition coefficient (Wildman–Crippen LogP) is 4.58. The van der Waals surface area contributed by atoms with Gasteiger partial charge in [-0.25, -0.2) is 0 Å². The molecule has 21 heavy (non-hydrogen) atoms. The normalized spacial score (nSPS) is 12.8. The lowest BCUT2D eigenvalue weighted by molar-refractivity contribution is -0.137. The summed E-state index contributed by atoms with van der Waals surface area (Å²) in [6.07, 6.45) is -4.49. The van der Waals surface area contributed by atoms with E-state index in [-0.39, 0.29) is 6.10 Å². The maximum atomic E-state index is 12.6. The zero-order valence-corrected chi connectivity index (χ0v) is 11.5. The second-order valence-corrected chi connectivity index (χ2v) is 4.70. The van der Waals surface area contributed by atoms with E-state index in [2.05, 4.69) is 5.32 Å². The molecule has 1 atom stereocenters. The van der Waals surface area contributed by atoms with Gasteiger partial charge < -0.3 is 10.1 Å². The first kappa shape index (κ1) is 15.2. The minimum absolute atomic E-state index is 0.165. The lowest BCUT2D eigenvalue weighted by Crippen LogP contribution is -2.22. The van der Waals surface area contributed by atoms with Gasteiger partial charge in [0, 0.05) is 5.69 Å². The van der Waals surface area contributed by atoms with E-state index in [4.69, 9.17) is 4.74 Å². The lowest BCUT2D eigenvalue weighted by Gasteiger charge is -2.16. The van der Waals surface area contributed by atoms with Crippen molar-refractivity contribution in [2.24, 2.45) is 0 Å². The van der Waals surface area contributed by atoms with Crippen LogP contribution in [-0.2, 0) is 6.18 Å². The summed E-state index contributed by atoms with van der Waals surface area (Å²) in [6.45, 7) is 2.27. The predicted molar refractivity (Wildman–Crippen MR) is 76.5 cm³/mol. The van der Waals surface area contributed by atoms with Gasteiger partial charge in [0.25, 0.3) is 0 Å². The molecule has 0 saturated carbocycles. The maximum Gasteiger partial charge on any atom is 0.416 e. The third kappa shape index (κ3) is 4.70. The molecule has 2 rings (SSSR count). The number of hydrogen-bond donors (Lipinski definition) is 1. The minimum Gasteiger partial charge on any atom is -0.489 e. The van der Waals surface area contributed by atoms with Gasteiger partial charge in [-0.3, -0.25) is 0 Å². The van der Waals surface area contributed by atoms with Gasteiger partial charge in [0.15, 0.2) is 0 Å². The Morgan fingerprint density at radius 3 is 2.43 bits per heavy atom. The summed E-state index contributed by atoms with van der Waals surface area (Å²) >= 11 is 0. The van der Waals surface area contributed by atoms with E-state index in [1.165, 1.54) is 6.07 Å². The third-order valence-electron chi connectivity index (χ3n) is 2.86. The van der Waals surface area contributed by atoms with E-state index in [1.807, 2.05) is 37.3 Å². The van der Waals surface area contributed by atoms with Crippen LogP contribution in [0.5, 0.6) is 5.75 Å². The number of halogens is 3. The smallest absolute Gasteiger partial charge is 0.416 e. The molecular weight excluding hydrogens is 279 g/mol. The van der Waals surface area contributed by atoms with E-state index >= 15 is 0 Å². The van der Waals surface area contributed by atoms with Gasteiger partial charge in [0.05, 0.1) is 12.1 Å². The number of alkyl halides is 3. The second-order valence-electron chi connectivity index (χ2n) is 4.70. The average molecular weight is 295 g/mol. The zero-order valence-electron chi connectivity index (χ0n) is 11.5. The fourth-order valence-corrected chi connectivity index (χ4v) is 1.84. The first-order valence-electron chi connectivity index (χ1n) is 6.58. The van der Waals surface area contributed by atoms with Crippen molar-refractivity contribution in [2.45, 2.75) is 19.2 Å². The van der Waals surface area contributed by atoms with E-state index in [9.17, 15) is 13.2 Å². The molecule has 2 aromatic carbocycles. The van der Waals surface area contributed by atoms with E-state index < -0.39 is 11.7 Å². The minimum atomic E-state index is -4.33. The van der Waals surface area contributed by atoms with Crippen molar-refractivity contribution in [3.63, 3.8) is 0 Å². The van der Waals surface area contributed by atoms with Crippen LogP contribution in [0, 0.1) is 0 Å². The number of rotatable bonds is 5. The Labute approximate surface area is 121 Å². The van der Waals surface area contributed by atoms with Crippen LogP contribution >= 0.6 is 0 Å². The summed E-state index contributed by atoms with van der Waals surface area (Å²) in [5, 5.41) is 2.95. The molecule has 1 unspecified atom stereocenters. The fourth-order valence-electron chi connectivity index (χ4n) is 1.84. The van der Waals surface area contributed by atoms with Crippen LogP contribution < -0.4 is 10.1 Å². The topological polar surface area (TPSA) is 21.3 Å². The Bertz CT molecular complexity index is 569. The summed E-state index contributed by atoms with van der Waals surface area (Å²) in [6, 6.07) is 14.4. The van der Waals surface area contributed by atoms with Crippen LogP contribution in [0.3, 0.4) is 0 Å². The zero-order chi connectivity index (χ0) is 15.3. The SMILES string of the molecule is CC(CNc1cccc(C(F)(F)F)c1)Oc1ccccc1. The first-order chi connectivity index (χ1) is 9.95. The molecule has 0 aliphatic carbocycles. The van der Waals surface area contributed by atoms with Gasteiger partial charge in [-0.2, -0.15) is 13.2 Å². The van der Waals surface area contributed by atoms with Crippen LogP contribution in [0.15, 0.2) is 54.6 Å². The lowest BCUT2D eigenvalue weighted by atomic mass is 10.2. The van der Waals surface area contributed by atoms with E-state index in [0.29, 0.717) is 12.2 Å². The molecule has 0 saturated heterocycles. The molecular formula is C16H16F3NO. The Morgan fingerprint density at radius 1 is 1.05 bits per heavy atom. The number of hydrogen-bond acceptors (Lipinski definition) is 2. The van der Waals surface area contributed by atoms with Crippen LogP contribution in [0.2, 0.25) is 0 Å². The van der Waals surface area contributed by atoms with Crippen LogP contribution in [0.4, 0.5) is 18.9 Å². The molecule has 0 amide bonds. The van der Waals surface area contributed by atoms with E-state index in [1.54, 1.807) is 6.07 Å². The molecule has 2 nitrogen and oxygen atoms in total. The monoisotopic (exact) mass is 295 g/mol. The Morgan fingerprint density at radius 2 is 1.76 bits per heavy atom. The molecule has 0 fully saturated rings. The van der Waals surface area contributed by atoms with Crippen molar-refractivity contribution < 1.29 is 17.9 Å². The molecule has 0 heterocycles. The van der Waals surface area contributed by atoms with Crippen molar-refractivity contribution in [3.8, 4) is 5.75 Å². The molecule has 0 spiro atoms. The highest BCUT2D eigenvalue weighted by molar-refractivity contribution is 5.46. The fraction of sp³-hybridized carbons (Fsp3) is 0.250. The molecule has 0 aliphatic rings. The maximum absolute atomic E-state index is 12.6. The van der Waals surface area contributed by atoms with Crippen molar-refractivity contribution in [1.29, 1.82) is 0 Å². The molecule has 2 aromatic rings. The highest BCUT2D eigenvalue weighted by Gasteiger charge is 2.30. The summed E-state index contributed by atoms with van der Waals surface area (Å²) in [5.41, 5.74) is -0.238. The molecule has 0 bridgehead atoms. The van der Waals surface area contributed by atoms with E-state index in [0.717, 1.165) is 17.9 Å². The first-order valence-corrected chi connectivity index (χ1v) is 6.58. The van der Waals surface area contributed by atoms with Gasteiger partial charge in [-0.15, -0.1) is 0 Å². The summed E-state index contributed by atoms with van der Waals surface area (Å²) in [7, 11) is 0. The average Bonchev–Trinajstić information content (AvgIpc) is 2.46. The Kier molecular flexibility index (Phi) is 4.73. The summed E-state index contributed by atoms with van der Waals surface area (Å²) in [5.74, 6) is 0.732. The largest absolute Gasteiger partial charge is 0.489 e. The van der Waals surface area contributed by atoms with Gasteiger partial charge in [0.2, 0.25) is 0 Å². The quantitative estimate of drug-likeness (QED) is 0.871. The Hall–Kier alpha value is -2.17. The molecule has 0 aromatic heterocycles. The van der Waals surface area contributed by atoms with Crippen molar-refractivity contribution >= 4 is 5.69 Å².